The molecular weight excluding hydrogens is 236 g/mol. The number of carbonyl (C=O) groups excluding carboxylic acids is 1. The summed E-state index contributed by atoms with van der Waals surface area (Å²) in [6, 6.07) is 0. The van der Waals surface area contributed by atoms with Gasteiger partial charge in [0.05, 0.1) is 19.5 Å². The van der Waals surface area contributed by atoms with E-state index in [4.69, 9.17) is 0 Å². The van der Waals surface area contributed by atoms with Crippen molar-refractivity contribution >= 4 is 17.7 Å². The molecule has 1 saturated carbocycles. The van der Waals surface area contributed by atoms with Crippen LogP contribution in [0.4, 0.5) is 0 Å². The Hall–Kier alpha value is -1.10. The largest absolute Gasteiger partial charge is 0.464 e. The van der Waals surface area contributed by atoms with Crippen LogP contribution >= 0.6 is 11.8 Å². The Morgan fingerprint density at radius 1 is 1.29 bits per heavy atom. The van der Waals surface area contributed by atoms with Crippen molar-refractivity contribution in [2.75, 3.05) is 7.11 Å². The lowest BCUT2D eigenvalue weighted by Gasteiger charge is -2.20. The van der Waals surface area contributed by atoms with Gasteiger partial charge in [0, 0.05) is 5.25 Å². The van der Waals surface area contributed by atoms with E-state index >= 15 is 0 Å². The zero-order valence-corrected chi connectivity index (χ0v) is 10.7. The molecule has 1 heterocycles. The molecular formula is C12H16N2O2S. The number of nitrogens with zero attached hydrogens (tertiary/aromatic N) is 2. The second kappa shape index (κ2) is 6.00. The van der Waals surface area contributed by atoms with Gasteiger partial charge in [-0.1, -0.05) is 19.3 Å². The lowest BCUT2D eigenvalue weighted by atomic mass is 10.0. The summed E-state index contributed by atoms with van der Waals surface area (Å²) in [7, 11) is 1.34. The van der Waals surface area contributed by atoms with Crippen LogP contribution in [0.25, 0.3) is 0 Å². The summed E-state index contributed by atoms with van der Waals surface area (Å²) in [5.41, 5.74) is 0.264. The standard InChI is InChI=1S/C12H16N2O2S/c1-16-12(15)10-7-14-11(8-13-10)17-9-5-3-2-4-6-9/h7-9H,2-6H2,1H3. The maximum Gasteiger partial charge on any atom is 0.358 e. The van der Waals surface area contributed by atoms with Gasteiger partial charge in [-0.2, -0.15) is 0 Å². The molecule has 1 aromatic rings. The quantitative estimate of drug-likeness (QED) is 0.774. The summed E-state index contributed by atoms with van der Waals surface area (Å²) in [5, 5.41) is 1.55. The first-order valence-electron chi connectivity index (χ1n) is 5.86. The molecule has 0 amide bonds. The maximum absolute atomic E-state index is 11.2. The highest BCUT2D eigenvalue weighted by atomic mass is 32.2. The molecule has 0 bridgehead atoms. The molecule has 2 rings (SSSR count). The van der Waals surface area contributed by atoms with Crippen LogP contribution in [0.15, 0.2) is 17.4 Å². The number of esters is 1. The Morgan fingerprint density at radius 3 is 2.65 bits per heavy atom. The smallest absolute Gasteiger partial charge is 0.358 e. The minimum atomic E-state index is -0.438. The lowest BCUT2D eigenvalue weighted by molar-refractivity contribution is 0.0593. The van der Waals surface area contributed by atoms with Crippen LogP contribution in [0.1, 0.15) is 42.6 Å². The van der Waals surface area contributed by atoms with Crippen molar-refractivity contribution in [3.05, 3.63) is 18.1 Å². The van der Waals surface area contributed by atoms with Gasteiger partial charge >= 0.3 is 5.97 Å². The van der Waals surface area contributed by atoms with E-state index in [-0.39, 0.29) is 5.69 Å². The van der Waals surface area contributed by atoms with Gasteiger partial charge < -0.3 is 4.74 Å². The molecule has 0 aromatic carbocycles. The van der Waals surface area contributed by atoms with Crippen molar-refractivity contribution in [2.45, 2.75) is 42.4 Å². The Labute approximate surface area is 105 Å². The van der Waals surface area contributed by atoms with E-state index in [1.165, 1.54) is 45.4 Å². The molecule has 92 valence electrons. The van der Waals surface area contributed by atoms with Crippen molar-refractivity contribution in [2.24, 2.45) is 0 Å². The molecule has 0 aliphatic heterocycles. The van der Waals surface area contributed by atoms with Crippen molar-refractivity contribution in [3.63, 3.8) is 0 Å². The second-order valence-electron chi connectivity index (χ2n) is 4.11. The highest BCUT2D eigenvalue weighted by Gasteiger charge is 2.16. The number of methoxy groups -OCH3 is 1. The van der Waals surface area contributed by atoms with Crippen LogP contribution < -0.4 is 0 Å². The SMILES string of the molecule is COC(=O)c1cnc(SC2CCCCC2)cn1. The second-order valence-corrected chi connectivity index (χ2v) is 5.43. The van der Waals surface area contributed by atoms with Crippen LogP contribution in [0.3, 0.4) is 0 Å². The van der Waals surface area contributed by atoms with Gasteiger partial charge in [-0.05, 0) is 12.8 Å². The van der Waals surface area contributed by atoms with E-state index in [0.29, 0.717) is 5.25 Å². The number of hydrogen-bond acceptors (Lipinski definition) is 5. The van der Waals surface area contributed by atoms with Gasteiger partial charge in [0.25, 0.3) is 0 Å². The third kappa shape index (κ3) is 3.43. The average Bonchev–Trinajstić information content (AvgIpc) is 2.40. The zero-order chi connectivity index (χ0) is 12.1. The van der Waals surface area contributed by atoms with E-state index in [9.17, 15) is 4.79 Å². The maximum atomic E-state index is 11.2. The first-order valence-corrected chi connectivity index (χ1v) is 6.74. The summed E-state index contributed by atoms with van der Waals surface area (Å²) in [4.78, 5) is 19.5. The van der Waals surface area contributed by atoms with E-state index in [2.05, 4.69) is 14.7 Å². The van der Waals surface area contributed by atoms with Crippen LogP contribution in [0.2, 0.25) is 0 Å². The number of carbonyl (C=O) groups is 1. The summed E-state index contributed by atoms with van der Waals surface area (Å²) in [6.07, 6.45) is 9.62. The zero-order valence-electron chi connectivity index (χ0n) is 9.89. The Morgan fingerprint density at radius 2 is 2.06 bits per heavy atom. The molecule has 17 heavy (non-hydrogen) atoms. The fraction of sp³-hybridized carbons (Fsp3) is 0.583. The minimum absolute atomic E-state index is 0.264. The van der Waals surface area contributed by atoms with E-state index < -0.39 is 5.97 Å². The van der Waals surface area contributed by atoms with Gasteiger partial charge in [-0.25, -0.2) is 14.8 Å². The molecule has 4 nitrogen and oxygen atoms in total. The number of thioether (sulfide) groups is 1. The Bertz CT molecular complexity index is 375. The predicted molar refractivity (Wildman–Crippen MR) is 66.1 cm³/mol. The molecule has 0 atom stereocenters. The third-order valence-corrected chi connectivity index (χ3v) is 4.12. The number of hydrogen-bond donors (Lipinski definition) is 0. The first kappa shape index (κ1) is 12.4. The van der Waals surface area contributed by atoms with Crippen LogP contribution in [-0.2, 0) is 4.74 Å². The van der Waals surface area contributed by atoms with Crippen LogP contribution in [0.5, 0.6) is 0 Å². The molecule has 1 aliphatic carbocycles. The Balaban J connectivity index is 1.95. The van der Waals surface area contributed by atoms with E-state index in [1.807, 2.05) is 0 Å². The minimum Gasteiger partial charge on any atom is -0.464 e. The van der Waals surface area contributed by atoms with Gasteiger partial charge in [0.1, 0.15) is 5.03 Å². The molecule has 0 N–H and O–H groups in total. The third-order valence-electron chi connectivity index (χ3n) is 2.86. The van der Waals surface area contributed by atoms with Gasteiger partial charge in [-0.3, -0.25) is 0 Å². The number of rotatable bonds is 3. The number of ether oxygens (including phenoxy) is 1. The van der Waals surface area contributed by atoms with Gasteiger partial charge in [0.2, 0.25) is 0 Å². The fourth-order valence-electron chi connectivity index (χ4n) is 1.94. The highest BCUT2D eigenvalue weighted by Crippen LogP contribution is 2.32. The summed E-state index contributed by atoms with van der Waals surface area (Å²) in [5.74, 6) is -0.438. The Kier molecular flexibility index (Phi) is 4.36. The van der Waals surface area contributed by atoms with E-state index in [1.54, 1.807) is 18.0 Å². The normalized spacial score (nSPS) is 16.8. The van der Waals surface area contributed by atoms with Crippen molar-refractivity contribution in [1.29, 1.82) is 0 Å². The monoisotopic (exact) mass is 252 g/mol. The molecule has 1 fully saturated rings. The van der Waals surface area contributed by atoms with Crippen molar-refractivity contribution in [1.82, 2.24) is 9.97 Å². The van der Waals surface area contributed by atoms with Crippen molar-refractivity contribution in [3.8, 4) is 0 Å². The first-order chi connectivity index (χ1) is 8.29. The lowest BCUT2D eigenvalue weighted by Crippen LogP contribution is -2.09. The molecule has 0 radical (unpaired) electrons. The summed E-state index contributed by atoms with van der Waals surface area (Å²) in [6.45, 7) is 0. The van der Waals surface area contributed by atoms with Crippen molar-refractivity contribution < 1.29 is 9.53 Å². The molecule has 0 saturated heterocycles. The van der Waals surface area contributed by atoms with Crippen LogP contribution in [-0.4, -0.2) is 28.3 Å². The highest BCUT2D eigenvalue weighted by molar-refractivity contribution is 7.99. The average molecular weight is 252 g/mol. The summed E-state index contributed by atoms with van der Waals surface area (Å²) >= 11 is 1.77. The van der Waals surface area contributed by atoms with Gasteiger partial charge in [0.15, 0.2) is 5.69 Å². The van der Waals surface area contributed by atoms with Gasteiger partial charge in [-0.15, -0.1) is 11.8 Å². The van der Waals surface area contributed by atoms with E-state index in [0.717, 1.165) is 5.03 Å². The molecule has 0 unspecified atom stereocenters. The molecule has 1 aromatic heterocycles. The molecule has 5 heteroatoms. The molecule has 1 aliphatic rings. The van der Waals surface area contributed by atoms with Crippen LogP contribution in [0, 0.1) is 0 Å². The topological polar surface area (TPSA) is 52.1 Å². The fourth-order valence-corrected chi connectivity index (χ4v) is 3.08. The molecule has 0 spiro atoms. The summed E-state index contributed by atoms with van der Waals surface area (Å²) < 4.78 is 4.58. The predicted octanol–water partition coefficient (Wildman–Crippen LogP) is 2.69. The number of aromatic nitrogens is 2.